The molecule has 1 heterocycles. The highest BCUT2D eigenvalue weighted by molar-refractivity contribution is 5.41. The predicted molar refractivity (Wildman–Crippen MR) is 67.5 cm³/mol. The standard InChI is InChI=1S/C12H21FN4/c1-4-10-11(13)12(16-8-15-10)17(9(2)3)7-5-6-14/h8-9H,4-7,14H2,1-3H3. The SMILES string of the molecule is CCc1ncnc(N(CCCN)C(C)C)c1F. The van der Waals surface area contributed by atoms with Gasteiger partial charge < -0.3 is 10.6 Å². The quantitative estimate of drug-likeness (QED) is 0.823. The summed E-state index contributed by atoms with van der Waals surface area (Å²) in [6.45, 7) is 7.23. The minimum Gasteiger partial charge on any atom is -0.352 e. The van der Waals surface area contributed by atoms with Crippen LogP contribution in [0.2, 0.25) is 0 Å². The Kier molecular flexibility index (Phi) is 5.28. The van der Waals surface area contributed by atoms with E-state index in [1.165, 1.54) is 6.33 Å². The summed E-state index contributed by atoms with van der Waals surface area (Å²) in [4.78, 5) is 9.94. The zero-order valence-electron chi connectivity index (χ0n) is 10.8. The van der Waals surface area contributed by atoms with Crippen molar-refractivity contribution >= 4 is 5.82 Å². The van der Waals surface area contributed by atoms with Gasteiger partial charge in [0.2, 0.25) is 0 Å². The lowest BCUT2D eigenvalue weighted by atomic mass is 10.2. The summed E-state index contributed by atoms with van der Waals surface area (Å²) < 4.78 is 14.1. The first kappa shape index (κ1) is 13.8. The Bertz CT molecular complexity index is 354. The number of hydrogen-bond acceptors (Lipinski definition) is 4. The molecule has 0 fully saturated rings. The van der Waals surface area contributed by atoms with Crippen molar-refractivity contribution in [3.63, 3.8) is 0 Å². The van der Waals surface area contributed by atoms with Crippen LogP contribution in [0.25, 0.3) is 0 Å². The van der Waals surface area contributed by atoms with Crippen LogP contribution >= 0.6 is 0 Å². The molecule has 1 aromatic rings. The van der Waals surface area contributed by atoms with Crippen LogP contribution in [0.5, 0.6) is 0 Å². The van der Waals surface area contributed by atoms with Gasteiger partial charge in [0.05, 0.1) is 5.69 Å². The molecule has 0 saturated heterocycles. The van der Waals surface area contributed by atoms with Crippen molar-refractivity contribution in [2.75, 3.05) is 18.0 Å². The lowest BCUT2D eigenvalue weighted by molar-refractivity contribution is 0.564. The maximum Gasteiger partial charge on any atom is 0.187 e. The molecular formula is C12H21FN4. The fraction of sp³-hybridized carbons (Fsp3) is 0.667. The van der Waals surface area contributed by atoms with Gasteiger partial charge in [0.1, 0.15) is 6.33 Å². The highest BCUT2D eigenvalue weighted by Crippen LogP contribution is 2.20. The number of hydrogen-bond donors (Lipinski definition) is 1. The molecule has 0 unspecified atom stereocenters. The third kappa shape index (κ3) is 3.36. The molecule has 5 heteroatoms. The van der Waals surface area contributed by atoms with E-state index in [0.717, 1.165) is 6.42 Å². The summed E-state index contributed by atoms with van der Waals surface area (Å²) in [6.07, 6.45) is 2.82. The van der Waals surface area contributed by atoms with Crippen molar-refractivity contribution in [3.05, 3.63) is 17.8 Å². The van der Waals surface area contributed by atoms with Gasteiger partial charge in [-0.1, -0.05) is 6.92 Å². The second-order valence-corrected chi connectivity index (χ2v) is 4.24. The minimum absolute atomic E-state index is 0.190. The molecule has 0 aliphatic rings. The summed E-state index contributed by atoms with van der Waals surface area (Å²) >= 11 is 0. The van der Waals surface area contributed by atoms with Crippen molar-refractivity contribution in [2.24, 2.45) is 5.73 Å². The maximum atomic E-state index is 14.1. The monoisotopic (exact) mass is 240 g/mol. The predicted octanol–water partition coefficient (Wildman–Crippen LogP) is 1.74. The highest BCUT2D eigenvalue weighted by Gasteiger charge is 2.18. The molecule has 0 amide bonds. The van der Waals surface area contributed by atoms with Gasteiger partial charge >= 0.3 is 0 Å². The zero-order valence-corrected chi connectivity index (χ0v) is 10.8. The van der Waals surface area contributed by atoms with Gasteiger partial charge in [-0.15, -0.1) is 0 Å². The van der Waals surface area contributed by atoms with Gasteiger partial charge in [0, 0.05) is 12.6 Å². The first-order chi connectivity index (χ1) is 8.11. The van der Waals surface area contributed by atoms with Crippen LogP contribution in [0.15, 0.2) is 6.33 Å². The molecule has 0 spiro atoms. The fourth-order valence-corrected chi connectivity index (χ4v) is 1.71. The molecule has 0 aliphatic heterocycles. The van der Waals surface area contributed by atoms with E-state index in [1.807, 2.05) is 25.7 Å². The number of aromatic nitrogens is 2. The third-order valence-electron chi connectivity index (χ3n) is 2.68. The molecule has 0 saturated carbocycles. The van der Waals surface area contributed by atoms with Gasteiger partial charge in [-0.25, -0.2) is 14.4 Å². The molecule has 0 aromatic carbocycles. The lowest BCUT2D eigenvalue weighted by Crippen LogP contribution is -2.34. The molecule has 96 valence electrons. The van der Waals surface area contributed by atoms with Crippen LogP contribution in [0, 0.1) is 5.82 Å². The number of aryl methyl sites for hydroxylation is 1. The topological polar surface area (TPSA) is 55.0 Å². The van der Waals surface area contributed by atoms with E-state index in [4.69, 9.17) is 5.73 Å². The minimum atomic E-state index is -0.305. The first-order valence-corrected chi connectivity index (χ1v) is 6.07. The van der Waals surface area contributed by atoms with E-state index in [0.29, 0.717) is 31.0 Å². The maximum absolute atomic E-state index is 14.1. The van der Waals surface area contributed by atoms with Crippen LogP contribution in [0.4, 0.5) is 10.2 Å². The molecule has 17 heavy (non-hydrogen) atoms. The molecule has 1 rings (SSSR count). The average molecular weight is 240 g/mol. The van der Waals surface area contributed by atoms with E-state index < -0.39 is 0 Å². The first-order valence-electron chi connectivity index (χ1n) is 6.07. The van der Waals surface area contributed by atoms with Crippen molar-refractivity contribution in [1.29, 1.82) is 0 Å². The number of anilines is 1. The molecule has 1 aromatic heterocycles. The highest BCUT2D eigenvalue weighted by atomic mass is 19.1. The Labute approximate surface area is 102 Å². The molecule has 4 nitrogen and oxygen atoms in total. The fourth-order valence-electron chi connectivity index (χ4n) is 1.71. The van der Waals surface area contributed by atoms with Gasteiger partial charge in [-0.2, -0.15) is 0 Å². The number of nitrogens with two attached hydrogens (primary N) is 1. The van der Waals surface area contributed by atoms with Gasteiger partial charge in [0.25, 0.3) is 0 Å². The summed E-state index contributed by atoms with van der Waals surface area (Å²) in [7, 11) is 0. The Morgan fingerprint density at radius 3 is 2.65 bits per heavy atom. The Balaban J connectivity index is 3.01. The number of nitrogens with zero attached hydrogens (tertiary/aromatic N) is 3. The number of rotatable bonds is 6. The summed E-state index contributed by atoms with van der Waals surface area (Å²) in [5, 5.41) is 0. The zero-order chi connectivity index (χ0) is 12.8. The van der Waals surface area contributed by atoms with Crippen molar-refractivity contribution in [1.82, 2.24) is 9.97 Å². The second-order valence-electron chi connectivity index (χ2n) is 4.24. The molecule has 0 bridgehead atoms. The van der Waals surface area contributed by atoms with E-state index in [9.17, 15) is 4.39 Å². The number of halogens is 1. The Hall–Kier alpha value is -1.23. The Morgan fingerprint density at radius 2 is 2.12 bits per heavy atom. The van der Waals surface area contributed by atoms with Gasteiger partial charge in [-0.3, -0.25) is 0 Å². The molecule has 0 radical (unpaired) electrons. The van der Waals surface area contributed by atoms with E-state index in [-0.39, 0.29) is 11.9 Å². The summed E-state index contributed by atoms with van der Waals surface area (Å²) in [5.74, 6) is 0.0843. The summed E-state index contributed by atoms with van der Waals surface area (Å²) in [6, 6.07) is 0.190. The second kappa shape index (κ2) is 6.49. The largest absolute Gasteiger partial charge is 0.352 e. The molecule has 0 aliphatic carbocycles. The van der Waals surface area contributed by atoms with Crippen LogP contribution in [-0.2, 0) is 6.42 Å². The van der Waals surface area contributed by atoms with Crippen LogP contribution in [0.1, 0.15) is 32.9 Å². The van der Waals surface area contributed by atoms with E-state index in [1.54, 1.807) is 0 Å². The molecule has 2 N–H and O–H groups in total. The molecular weight excluding hydrogens is 219 g/mol. The lowest BCUT2D eigenvalue weighted by Gasteiger charge is -2.28. The van der Waals surface area contributed by atoms with Crippen molar-refractivity contribution < 1.29 is 4.39 Å². The van der Waals surface area contributed by atoms with E-state index in [2.05, 4.69) is 9.97 Å². The van der Waals surface area contributed by atoms with Gasteiger partial charge in [0.15, 0.2) is 11.6 Å². The Morgan fingerprint density at radius 1 is 1.41 bits per heavy atom. The van der Waals surface area contributed by atoms with Crippen molar-refractivity contribution in [3.8, 4) is 0 Å². The van der Waals surface area contributed by atoms with E-state index >= 15 is 0 Å². The van der Waals surface area contributed by atoms with Crippen LogP contribution in [-0.4, -0.2) is 29.1 Å². The van der Waals surface area contributed by atoms with Crippen LogP contribution < -0.4 is 10.6 Å². The normalized spacial score (nSPS) is 10.9. The third-order valence-corrected chi connectivity index (χ3v) is 2.68. The average Bonchev–Trinajstić information content (AvgIpc) is 2.31. The molecule has 0 atom stereocenters. The van der Waals surface area contributed by atoms with Crippen molar-refractivity contribution in [2.45, 2.75) is 39.7 Å². The van der Waals surface area contributed by atoms with Crippen LogP contribution in [0.3, 0.4) is 0 Å². The summed E-state index contributed by atoms with van der Waals surface area (Å²) in [5.41, 5.74) is 5.96. The van der Waals surface area contributed by atoms with Gasteiger partial charge in [-0.05, 0) is 33.2 Å². The smallest absolute Gasteiger partial charge is 0.187 e.